The molecule has 10 heteroatoms. The molecular formula is C43H85N2O7P. The lowest BCUT2D eigenvalue weighted by Crippen LogP contribution is -2.46. The number of phosphoric acid groups is 1. The van der Waals surface area contributed by atoms with Crippen LogP contribution >= 0.6 is 7.82 Å². The van der Waals surface area contributed by atoms with Crippen LogP contribution in [0.4, 0.5) is 0 Å². The SMILES string of the molecule is CCCCCC/C=C/CC/C=C/C(O)C(COP(=O)(O)OCCN)NC(=O)CC(O)CCCCCCCCCCCCCCCCCCCCCCC. The van der Waals surface area contributed by atoms with Crippen LogP contribution in [0.25, 0.3) is 0 Å². The fraction of sp³-hybridized carbons (Fsp3) is 0.884. The highest BCUT2D eigenvalue weighted by atomic mass is 31.2. The summed E-state index contributed by atoms with van der Waals surface area (Å²) < 4.78 is 22.0. The molecule has 0 aliphatic carbocycles. The van der Waals surface area contributed by atoms with Gasteiger partial charge >= 0.3 is 7.82 Å². The highest BCUT2D eigenvalue weighted by Gasteiger charge is 2.27. The predicted octanol–water partition coefficient (Wildman–Crippen LogP) is 11.1. The minimum Gasteiger partial charge on any atom is -0.393 e. The van der Waals surface area contributed by atoms with Gasteiger partial charge < -0.3 is 26.2 Å². The Morgan fingerprint density at radius 1 is 0.642 bits per heavy atom. The smallest absolute Gasteiger partial charge is 0.393 e. The summed E-state index contributed by atoms with van der Waals surface area (Å²) in [6.45, 7) is 3.92. The Morgan fingerprint density at radius 2 is 1.08 bits per heavy atom. The molecule has 6 N–H and O–H groups in total. The molecule has 314 valence electrons. The topological polar surface area (TPSA) is 151 Å². The third kappa shape index (κ3) is 37.6. The van der Waals surface area contributed by atoms with Crippen molar-refractivity contribution in [2.45, 2.75) is 225 Å². The molecular weight excluding hydrogens is 687 g/mol. The maximum atomic E-state index is 12.8. The van der Waals surface area contributed by atoms with Crippen molar-refractivity contribution in [1.29, 1.82) is 0 Å². The number of aliphatic hydroxyl groups is 2. The van der Waals surface area contributed by atoms with Gasteiger partial charge in [0.05, 0.1) is 37.9 Å². The Labute approximate surface area is 326 Å². The van der Waals surface area contributed by atoms with E-state index < -0.39 is 38.6 Å². The molecule has 9 nitrogen and oxygen atoms in total. The molecule has 53 heavy (non-hydrogen) atoms. The van der Waals surface area contributed by atoms with Gasteiger partial charge in [0, 0.05) is 6.54 Å². The fourth-order valence-electron chi connectivity index (χ4n) is 6.49. The number of nitrogens with two attached hydrogens (primary N) is 1. The number of unbranched alkanes of at least 4 members (excludes halogenated alkanes) is 25. The maximum Gasteiger partial charge on any atom is 0.472 e. The zero-order valence-corrected chi connectivity index (χ0v) is 35.3. The fourth-order valence-corrected chi connectivity index (χ4v) is 7.25. The number of amides is 1. The summed E-state index contributed by atoms with van der Waals surface area (Å²) in [5.41, 5.74) is 5.35. The molecule has 0 aromatic carbocycles. The molecule has 4 unspecified atom stereocenters. The van der Waals surface area contributed by atoms with Crippen LogP contribution in [-0.4, -0.2) is 59.0 Å². The third-order valence-electron chi connectivity index (χ3n) is 9.83. The van der Waals surface area contributed by atoms with Crippen LogP contribution in [0.3, 0.4) is 0 Å². The lowest BCUT2D eigenvalue weighted by molar-refractivity contribution is -0.124. The van der Waals surface area contributed by atoms with Crippen molar-refractivity contribution in [2.24, 2.45) is 5.73 Å². The Kier molecular flexibility index (Phi) is 38.4. The molecule has 0 fully saturated rings. The van der Waals surface area contributed by atoms with E-state index in [0.29, 0.717) is 12.8 Å². The first-order chi connectivity index (χ1) is 25.8. The summed E-state index contributed by atoms with van der Waals surface area (Å²) in [5, 5.41) is 24.0. The number of nitrogens with one attached hydrogen (secondary N) is 1. The number of aliphatic hydroxyl groups excluding tert-OH is 2. The van der Waals surface area contributed by atoms with Crippen LogP contribution in [0.5, 0.6) is 0 Å². The molecule has 0 saturated heterocycles. The molecule has 0 aliphatic heterocycles. The van der Waals surface area contributed by atoms with Crippen molar-refractivity contribution >= 4 is 13.7 Å². The van der Waals surface area contributed by atoms with Crippen molar-refractivity contribution in [3.8, 4) is 0 Å². The molecule has 0 aliphatic rings. The number of carbonyl (C=O) groups excluding carboxylic acids is 1. The zero-order valence-electron chi connectivity index (χ0n) is 34.4. The van der Waals surface area contributed by atoms with Gasteiger partial charge in [-0.05, 0) is 32.1 Å². The first-order valence-corrected chi connectivity index (χ1v) is 23.5. The highest BCUT2D eigenvalue weighted by molar-refractivity contribution is 7.47. The standard InChI is InChI=1S/C43H85N2O7P/c1-3-5-7-9-11-13-15-16-17-18-19-20-21-22-23-24-25-26-28-30-32-34-40(46)38-43(48)45-41(39-52-53(49,50)51-37-36-44)42(47)35-33-31-29-27-14-12-10-8-6-4-2/h14,27,33,35,40-42,46-47H,3-13,15-26,28-32,34,36-39,44H2,1-2H3,(H,45,48)(H,49,50)/b27-14+,35-33+. The number of phosphoric ester groups is 1. The Morgan fingerprint density at radius 3 is 1.57 bits per heavy atom. The molecule has 0 aromatic heterocycles. The predicted molar refractivity (Wildman–Crippen MR) is 223 cm³/mol. The van der Waals surface area contributed by atoms with Gasteiger partial charge in [0.15, 0.2) is 0 Å². The average Bonchev–Trinajstić information content (AvgIpc) is 3.13. The molecule has 0 aromatic rings. The summed E-state index contributed by atoms with van der Waals surface area (Å²) in [6, 6.07) is -0.994. The van der Waals surface area contributed by atoms with Crippen molar-refractivity contribution in [3.63, 3.8) is 0 Å². The van der Waals surface area contributed by atoms with E-state index in [2.05, 4.69) is 31.3 Å². The summed E-state index contributed by atoms with van der Waals surface area (Å²) in [6.07, 6.45) is 41.4. The van der Waals surface area contributed by atoms with Gasteiger partial charge in [-0.25, -0.2) is 4.57 Å². The first kappa shape index (κ1) is 51.9. The van der Waals surface area contributed by atoms with Gasteiger partial charge in [0.2, 0.25) is 5.91 Å². The second-order valence-electron chi connectivity index (χ2n) is 15.1. The van der Waals surface area contributed by atoms with Crippen molar-refractivity contribution in [2.75, 3.05) is 19.8 Å². The van der Waals surface area contributed by atoms with Gasteiger partial charge in [-0.3, -0.25) is 13.8 Å². The van der Waals surface area contributed by atoms with E-state index in [-0.39, 0.29) is 19.6 Å². The zero-order chi connectivity index (χ0) is 39.1. The molecule has 0 spiro atoms. The summed E-state index contributed by atoms with van der Waals surface area (Å²) in [4.78, 5) is 22.7. The lowest BCUT2D eigenvalue weighted by atomic mass is 10.0. The third-order valence-corrected chi connectivity index (χ3v) is 10.8. The quantitative estimate of drug-likeness (QED) is 0.0234. The Balaban J connectivity index is 4.15. The molecule has 0 bridgehead atoms. The van der Waals surface area contributed by atoms with Crippen LogP contribution in [0.2, 0.25) is 0 Å². The number of carbonyl (C=O) groups is 1. The van der Waals surface area contributed by atoms with Crippen LogP contribution < -0.4 is 11.1 Å². The molecule has 0 heterocycles. The minimum atomic E-state index is -4.40. The molecule has 0 rings (SSSR count). The van der Waals surface area contributed by atoms with E-state index in [1.807, 2.05) is 6.08 Å². The van der Waals surface area contributed by atoms with E-state index in [0.717, 1.165) is 32.1 Å². The van der Waals surface area contributed by atoms with Gasteiger partial charge in [-0.2, -0.15) is 0 Å². The largest absolute Gasteiger partial charge is 0.472 e. The summed E-state index contributed by atoms with van der Waals surface area (Å²) in [7, 11) is -4.40. The van der Waals surface area contributed by atoms with E-state index in [1.165, 1.54) is 141 Å². The van der Waals surface area contributed by atoms with Gasteiger partial charge in [0.1, 0.15) is 0 Å². The minimum absolute atomic E-state index is 0.0457. The van der Waals surface area contributed by atoms with Crippen LogP contribution in [0.1, 0.15) is 206 Å². The summed E-state index contributed by atoms with van der Waals surface area (Å²) >= 11 is 0. The second kappa shape index (κ2) is 39.2. The normalized spacial score (nSPS) is 14.9. The second-order valence-corrected chi connectivity index (χ2v) is 16.5. The van der Waals surface area contributed by atoms with Crippen molar-refractivity contribution in [1.82, 2.24) is 5.32 Å². The Hall–Kier alpha value is -1.06. The van der Waals surface area contributed by atoms with Crippen LogP contribution in [-0.2, 0) is 18.4 Å². The number of hydrogen-bond acceptors (Lipinski definition) is 7. The molecule has 1 amide bonds. The monoisotopic (exact) mass is 773 g/mol. The van der Waals surface area contributed by atoms with Crippen LogP contribution in [0, 0.1) is 0 Å². The molecule has 4 atom stereocenters. The van der Waals surface area contributed by atoms with Crippen LogP contribution in [0.15, 0.2) is 24.3 Å². The van der Waals surface area contributed by atoms with Gasteiger partial charge in [-0.1, -0.05) is 192 Å². The van der Waals surface area contributed by atoms with Crippen molar-refractivity contribution < 1.29 is 33.5 Å². The maximum absolute atomic E-state index is 12.8. The van der Waals surface area contributed by atoms with Gasteiger partial charge in [0.25, 0.3) is 0 Å². The van der Waals surface area contributed by atoms with E-state index in [4.69, 9.17) is 14.8 Å². The molecule has 0 radical (unpaired) electrons. The van der Waals surface area contributed by atoms with Crippen molar-refractivity contribution in [3.05, 3.63) is 24.3 Å². The number of allylic oxidation sites excluding steroid dienone is 3. The average molecular weight is 773 g/mol. The van der Waals surface area contributed by atoms with E-state index in [1.54, 1.807) is 6.08 Å². The first-order valence-electron chi connectivity index (χ1n) is 22.0. The van der Waals surface area contributed by atoms with E-state index >= 15 is 0 Å². The van der Waals surface area contributed by atoms with E-state index in [9.17, 15) is 24.5 Å². The highest BCUT2D eigenvalue weighted by Crippen LogP contribution is 2.43. The lowest BCUT2D eigenvalue weighted by Gasteiger charge is -2.24. The Bertz CT molecular complexity index is 904. The number of hydrogen-bond donors (Lipinski definition) is 5. The number of rotatable bonds is 41. The van der Waals surface area contributed by atoms with Gasteiger partial charge in [-0.15, -0.1) is 0 Å². The molecule has 0 saturated carbocycles. The summed E-state index contributed by atoms with van der Waals surface area (Å²) in [5.74, 6) is -0.455.